The van der Waals surface area contributed by atoms with Crippen molar-refractivity contribution in [2.75, 3.05) is 0 Å². The molecule has 0 spiro atoms. The summed E-state index contributed by atoms with van der Waals surface area (Å²) in [6.07, 6.45) is 0. The Hall–Kier alpha value is -0.303. The van der Waals surface area contributed by atoms with Gasteiger partial charge in [0.1, 0.15) is 10.0 Å². The quantitative estimate of drug-likeness (QED) is 0.844. The third-order valence-electron chi connectivity index (χ3n) is 3.05. The third-order valence-corrected chi connectivity index (χ3v) is 8.44. The SMILES string of the molecule is CC(C)(C)[Si](C)(C)OCc1nnc(CN)s1. The lowest BCUT2D eigenvalue weighted by Gasteiger charge is -2.35. The largest absolute Gasteiger partial charge is 0.410 e. The van der Waals surface area contributed by atoms with Gasteiger partial charge in [0.15, 0.2) is 8.32 Å². The van der Waals surface area contributed by atoms with E-state index >= 15 is 0 Å². The van der Waals surface area contributed by atoms with E-state index in [4.69, 9.17) is 10.2 Å². The molecule has 0 fully saturated rings. The zero-order valence-corrected chi connectivity index (χ0v) is 12.5. The maximum absolute atomic E-state index is 6.04. The lowest BCUT2D eigenvalue weighted by Crippen LogP contribution is -2.40. The van der Waals surface area contributed by atoms with Crippen molar-refractivity contribution in [2.24, 2.45) is 5.73 Å². The number of nitrogens with two attached hydrogens (primary N) is 1. The molecule has 0 aliphatic heterocycles. The molecular formula is C10H21N3OSSi. The van der Waals surface area contributed by atoms with Crippen molar-refractivity contribution < 1.29 is 4.43 Å². The number of rotatable bonds is 4. The summed E-state index contributed by atoms with van der Waals surface area (Å²) in [6, 6.07) is 0. The summed E-state index contributed by atoms with van der Waals surface area (Å²) in [5.41, 5.74) is 5.49. The van der Waals surface area contributed by atoms with Crippen LogP contribution in [0.5, 0.6) is 0 Å². The van der Waals surface area contributed by atoms with Crippen LogP contribution in [0.1, 0.15) is 30.8 Å². The molecule has 0 saturated carbocycles. The monoisotopic (exact) mass is 259 g/mol. The molecule has 0 aliphatic rings. The molecule has 1 rings (SSSR count). The first-order valence-corrected chi connectivity index (χ1v) is 9.14. The van der Waals surface area contributed by atoms with Crippen LogP contribution < -0.4 is 5.73 Å². The third kappa shape index (κ3) is 3.34. The summed E-state index contributed by atoms with van der Waals surface area (Å²) in [4.78, 5) is 0. The zero-order chi connectivity index (χ0) is 12.4. The summed E-state index contributed by atoms with van der Waals surface area (Å²) < 4.78 is 6.04. The fraction of sp³-hybridized carbons (Fsp3) is 0.800. The number of hydrogen-bond acceptors (Lipinski definition) is 5. The molecule has 0 atom stereocenters. The molecule has 6 heteroatoms. The van der Waals surface area contributed by atoms with Gasteiger partial charge in [-0.2, -0.15) is 0 Å². The Morgan fingerprint density at radius 3 is 2.25 bits per heavy atom. The molecule has 4 nitrogen and oxygen atoms in total. The van der Waals surface area contributed by atoms with Crippen LogP contribution in [-0.2, 0) is 17.6 Å². The predicted octanol–water partition coefficient (Wildman–Crippen LogP) is 2.52. The smallest absolute Gasteiger partial charge is 0.192 e. The van der Waals surface area contributed by atoms with Gasteiger partial charge < -0.3 is 10.2 Å². The highest BCUT2D eigenvalue weighted by Crippen LogP contribution is 2.37. The topological polar surface area (TPSA) is 61.0 Å². The van der Waals surface area contributed by atoms with Gasteiger partial charge in [-0.1, -0.05) is 32.1 Å². The van der Waals surface area contributed by atoms with Gasteiger partial charge in [-0.15, -0.1) is 10.2 Å². The van der Waals surface area contributed by atoms with Crippen molar-refractivity contribution in [3.63, 3.8) is 0 Å². The predicted molar refractivity (Wildman–Crippen MR) is 69.8 cm³/mol. The highest BCUT2D eigenvalue weighted by molar-refractivity contribution is 7.11. The summed E-state index contributed by atoms with van der Waals surface area (Å²) in [5.74, 6) is 0. The Labute approximate surface area is 102 Å². The van der Waals surface area contributed by atoms with Crippen LogP contribution in [0.4, 0.5) is 0 Å². The van der Waals surface area contributed by atoms with Crippen LogP contribution in [-0.4, -0.2) is 18.5 Å². The molecule has 2 N–H and O–H groups in total. The molecule has 1 heterocycles. The molecule has 16 heavy (non-hydrogen) atoms. The second-order valence-corrected chi connectivity index (χ2v) is 11.3. The molecule has 0 aromatic carbocycles. The first kappa shape index (κ1) is 13.8. The van der Waals surface area contributed by atoms with E-state index in [9.17, 15) is 0 Å². The standard InChI is InChI=1S/C10H21N3OSSi/c1-10(2,3)16(4,5)14-7-9-13-12-8(6-11)15-9/h6-7,11H2,1-5H3. The van der Waals surface area contributed by atoms with Crippen LogP contribution in [0.25, 0.3) is 0 Å². The van der Waals surface area contributed by atoms with Crippen LogP contribution in [0, 0.1) is 0 Å². The second-order valence-electron chi connectivity index (χ2n) is 5.34. The molecule has 0 unspecified atom stereocenters. The molecule has 1 aromatic rings. The van der Waals surface area contributed by atoms with E-state index < -0.39 is 8.32 Å². The van der Waals surface area contributed by atoms with Crippen molar-refractivity contribution in [3.05, 3.63) is 10.0 Å². The van der Waals surface area contributed by atoms with Gasteiger partial charge in [0.05, 0.1) is 6.61 Å². The van der Waals surface area contributed by atoms with Crippen LogP contribution in [0.3, 0.4) is 0 Å². The van der Waals surface area contributed by atoms with Gasteiger partial charge in [-0.25, -0.2) is 0 Å². The van der Waals surface area contributed by atoms with E-state index in [2.05, 4.69) is 44.1 Å². The molecule has 0 aliphatic carbocycles. The van der Waals surface area contributed by atoms with Crippen molar-refractivity contribution in [2.45, 2.75) is 52.1 Å². The van der Waals surface area contributed by atoms with E-state index in [0.29, 0.717) is 13.2 Å². The van der Waals surface area contributed by atoms with Crippen molar-refractivity contribution in [1.29, 1.82) is 0 Å². The Morgan fingerprint density at radius 2 is 1.81 bits per heavy atom. The van der Waals surface area contributed by atoms with Gasteiger partial charge in [0, 0.05) is 6.54 Å². The fourth-order valence-corrected chi connectivity index (χ4v) is 2.56. The van der Waals surface area contributed by atoms with Gasteiger partial charge >= 0.3 is 0 Å². The fourth-order valence-electron chi connectivity index (χ4n) is 0.888. The van der Waals surface area contributed by atoms with Crippen LogP contribution >= 0.6 is 11.3 Å². The van der Waals surface area contributed by atoms with Crippen molar-refractivity contribution in [3.8, 4) is 0 Å². The number of nitrogens with zero attached hydrogens (tertiary/aromatic N) is 2. The molecule has 92 valence electrons. The summed E-state index contributed by atoms with van der Waals surface area (Å²) >= 11 is 1.53. The van der Waals surface area contributed by atoms with Gasteiger partial charge in [-0.3, -0.25) is 0 Å². The normalized spacial score (nSPS) is 13.1. The average Bonchev–Trinajstić information content (AvgIpc) is 2.60. The average molecular weight is 259 g/mol. The summed E-state index contributed by atoms with van der Waals surface area (Å²) in [6.45, 7) is 12.2. The van der Waals surface area contributed by atoms with E-state index in [-0.39, 0.29) is 5.04 Å². The minimum absolute atomic E-state index is 0.231. The van der Waals surface area contributed by atoms with Crippen LogP contribution in [0.15, 0.2) is 0 Å². The zero-order valence-electron chi connectivity index (χ0n) is 10.7. The van der Waals surface area contributed by atoms with Gasteiger partial charge in [0.25, 0.3) is 0 Å². The van der Waals surface area contributed by atoms with E-state index in [1.54, 1.807) is 0 Å². The van der Waals surface area contributed by atoms with E-state index in [1.165, 1.54) is 11.3 Å². The van der Waals surface area contributed by atoms with Crippen molar-refractivity contribution in [1.82, 2.24) is 10.2 Å². The highest BCUT2D eigenvalue weighted by atomic mass is 32.1. The molecule has 1 aromatic heterocycles. The molecule has 0 bridgehead atoms. The molecular weight excluding hydrogens is 238 g/mol. The second kappa shape index (κ2) is 4.91. The number of aromatic nitrogens is 2. The highest BCUT2D eigenvalue weighted by Gasteiger charge is 2.37. The summed E-state index contributed by atoms with van der Waals surface area (Å²) in [7, 11) is -1.68. The lowest BCUT2D eigenvalue weighted by atomic mass is 10.2. The first-order valence-electron chi connectivity index (χ1n) is 5.41. The van der Waals surface area contributed by atoms with E-state index in [1.807, 2.05) is 0 Å². The maximum Gasteiger partial charge on any atom is 0.192 e. The summed E-state index contributed by atoms with van der Waals surface area (Å²) in [5, 5.41) is 10.1. The maximum atomic E-state index is 6.04. The Bertz CT molecular complexity index is 346. The first-order chi connectivity index (χ1) is 7.26. The van der Waals surface area contributed by atoms with Crippen LogP contribution in [0.2, 0.25) is 18.1 Å². The molecule has 0 saturated heterocycles. The Balaban J connectivity index is 2.57. The Kier molecular flexibility index (Phi) is 4.22. The van der Waals surface area contributed by atoms with Gasteiger partial charge in [0.2, 0.25) is 0 Å². The minimum atomic E-state index is -1.68. The molecule has 0 radical (unpaired) electrons. The van der Waals surface area contributed by atoms with E-state index in [0.717, 1.165) is 10.0 Å². The molecule has 0 amide bonds. The number of hydrogen-bond donors (Lipinski definition) is 1. The minimum Gasteiger partial charge on any atom is -0.410 e. The van der Waals surface area contributed by atoms with Crippen molar-refractivity contribution >= 4 is 19.7 Å². The lowest BCUT2D eigenvalue weighted by molar-refractivity contribution is 0.275. The van der Waals surface area contributed by atoms with Gasteiger partial charge in [-0.05, 0) is 18.1 Å². The Morgan fingerprint density at radius 1 is 1.25 bits per heavy atom.